The Kier molecular flexibility index (Phi) is 5.61. The Bertz CT molecular complexity index is 963. The van der Waals surface area contributed by atoms with Crippen LogP contribution in [0, 0.1) is 0 Å². The maximum Gasteiger partial charge on any atom is 0.263 e. The van der Waals surface area contributed by atoms with Crippen LogP contribution in [-0.2, 0) is 27.5 Å². The van der Waals surface area contributed by atoms with Crippen LogP contribution in [0.15, 0.2) is 29.2 Å². The zero-order valence-corrected chi connectivity index (χ0v) is 16.7. The number of sulfone groups is 1. The Labute approximate surface area is 162 Å². The van der Waals surface area contributed by atoms with Crippen molar-refractivity contribution in [3.8, 4) is 0 Å². The predicted molar refractivity (Wildman–Crippen MR) is 104 cm³/mol. The first kappa shape index (κ1) is 19.5. The molecule has 1 aliphatic heterocycles. The molecule has 2 aromatic rings. The van der Waals surface area contributed by atoms with Gasteiger partial charge in [0, 0.05) is 6.54 Å². The lowest BCUT2D eigenvalue weighted by Gasteiger charge is -2.08. The molecule has 2 heterocycles. The summed E-state index contributed by atoms with van der Waals surface area (Å²) in [5.41, 5.74) is 1.42. The summed E-state index contributed by atoms with van der Waals surface area (Å²) in [5.74, 6) is -0.416. The highest BCUT2D eigenvalue weighted by Gasteiger charge is 2.22. The van der Waals surface area contributed by atoms with E-state index in [0.29, 0.717) is 34.2 Å². The van der Waals surface area contributed by atoms with Crippen LogP contribution in [0.3, 0.4) is 0 Å². The molecule has 0 unspecified atom stereocenters. The normalized spacial score (nSPS) is 14.4. The molecule has 0 saturated carbocycles. The van der Waals surface area contributed by atoms with E-state index in [1.54, 1.807) is 26.0 Å². The summed E-state index contributed by atoms with van der Waals surface area (Å²) in [6, 6.07) is 6.32. The number of rotatable bonds is 5. The number of aryl methyl sites for hydroxylation is 1. The second-order valence-corrected chi connectivity index (χ2v) is 10.1. The third-order valence-corrected chi connectivity index (χ3v) is 7.45. The highest BCUT2D eigenvalue weighted by Crippen LogP contribution is 2.25. The van der Waals surface area contributed by atoms with E-state index in [-0.39, 0.29) is 23.1 Å². The minimum atomic E-state index is -3.33. The largest absolute Gasteiger partial charge is 0.351 e. The third kappa shape index (κ3) is 4.36. The van der Waals surface area contributed by atoms with Gasteiger partial charge in [-0.15, -0.1) is 0 Å². The molecular weight excluding hydrogens is 386 g/mol. The quantitative estimate of drug-likeness (QED) is 0.790. The van der Waals surface area contributed by atoms with Crippen molar-refractivity contribution in [2.24, 2.45) is 0 Å². The Morgan fingerprint density at radius 2 is 2.00 bits per heavy atom. The van der Waals surface area contributed by atoms with E-state index < -0.39 is 15.1 Å². The number of amides is 2. The van der Waals surface area contributed by atoms with Crippen molar-refractivity contribution in [1.82, 2.24) is 10.3 Å². The van der Waals surface area contributed by atoms with E-state index in [4.69, 9.17) is 0 Å². The number of benzene rings is 1. The van der Waals surface area contributed by atoms with E-state index in [9.17, 15) is 18.0 Å². The molecule has 2 amide bonds. The molecule has 2 N–H and O–H groups in total. The Balaban J connectivity index is 1.66. The van der Waals surface area contributed by atoms with Crippen molar-refractivity contribution in [2.45, 2.75) is 43.3 Å². The summed E-state index contributed by atoms with van der Waals surface area (Å²) in [5, 5.41) is 5.43. The molecular formula is C18H21N3O4S2. The summed E-state index contributed by atoms with van der Waals surface area (Å²) in [6.07, 6.45) is 1.62. The molecule has 27 heavy (non-hydrogen) atoms. The summed E-state index contributed by atoms with van der Waals surface area (Å²) in [7, 11) is -3.33. The zero-order chi connectivity index (χ0) is 19.6. The smallest absolute Gasteiger partial charge is 0.263 e. The molecule has 1 aromatic carbocycles. The Morgan fingerprint density at radius 1 is 1.30 bits per heavy atom. The average Bonchev–Trinajstić information content (AvgIpc) is 2.93. The maximum atomic E-state index is 12.3. The van der Waals surface area contributed by atoms with E-state index in [1.165, 1.54) is 23.5 Å². The lowest BCUT2D eigenvalue weighted by atomic mass is 10.1. The molecule has 0 fully saturated rings. The van der Waals surface area contributed by atoms with Gasteiger partial charge in [-0.2, -0.15) is 0 Å². The van der Waals surface area contributed by atoms with Crippen LogP contribution >= 0.6 is 11.3 Å². The van der Waals surface area contributed by atoms with Crippen molar-refractivity contribution in [3.05, 3.63) is 40.4 Å². The van der Waals surface area contributed by atoms with Crippen molar-refractivity contribution in [1.29, 1.82) is 0 Å². The number of fused-ring (bicyclic) bond motifs is 1. The lowest BCUT2D eigenvalue weighted by Crippen LogP contribution is -2.21. The number of aromatic nitrogens is 1. The van der Waals surface area contributed by atoms with Gasteiger partial charge >= 0.3 is 0 Å². The maximum absolute atomic E-state index is 12.3. The molecule has 144 valence electrons. The van der Waals surface area contributed by atoms with Crippen LogP contribution in [0.2, 0.25) is 0 Å². The van der Waals surface area contributed by atoms with Gasteiger partial charge in [0.1, 0.15) is 4.88 Å². The molecule has 3 rings (SSSR count). The number of hydrogen-bond donors (Lipinski definition) is 2. The first-order valence-corrected chi connectivity index (χ1v) is 11.0. The molecule has 0 spiro atoms. The van der Waals surface area contributed by atoms with E-state index in [2.05, 4.69) is 15.6 Å². The van der Waals surface area contributed by atoms with Gasteiger partial charge in [-0.3, -0.25) is 9.59 Å². The second kappa shape index (κ2) is 7.77. The van der Waals surface area contributed by atoms with Gasteiger partial charge in [0.15, 0.2) is 15.0 Å². The van der Waals surface area contributed by atoms with E-state index in [1.807, 2.05) is 0 Å². The van der Waals surface area contributed by atoms with Crippen molar-refractivity contribution < 1.29 is 18.0 Å². The summed E-state index contributed by atoms with van der Waals surface area (Å²) in [4.78, 5) is 29.4. The number of nitrogens with one attached hydrogen (secondary N) is 2. The molecule has 0 radical (unpaired) electrons. The fourth-order valence-electron chi connectivity index (χ4n) is 2.71. The fraction of sp³-hybridized carbons (Fsp3) is 0.389. The van der Waals surface area contributed by atoms with E-state index in [0.717, 1.165) is 6.42 Å². The van der Waals surface area contributed by atoms with Gasteiger partial charge in [-0.1, -0.05) is 23.5 Å². The first-order chi connectivity index (χ1) is 12.8. The number of hydrogen-bond acceptors (Lipinski definition) is 6. The fourth-order valence-corrected chi connectivity index (χ4v) is 4.71. The number of carbonyl (C=O) groups excluding carboxylic acids is 2. The van der Waals surface area contributed by atoms with Crippen LogP contribution in [0.1, 0.15) is 41.2 Å². The highest BCUT2D eigenvalue weighted by molar-refractivity contribution is 7.92. The molecule has 0 saturated heterocycles. The van der Waals surface area contributed by atoms with Gasteiger partial charge in [0.05, 0.1) is 22.3 Å². The zero-order valence-electron chi connectivity index (χ0n) is 15.1. The van der Waals surface area contributed by atoms with Crippen LogP contribution in [-0.4, -0.2) is 37.0 Å². The van der Waals surface area contributed by atoms with Crippen molar-refractivity contribution in [3.63, 3.8) is 0 Å². The first-order valence-electron chi connectivity index (χ1n) is 8.68. The average molecular weight is 408 g/mol. The van der Waals surface area contributed by atoms with Crippen LogP contribution in [0.4, 0.5) is 5.13 Å². The molecule has 0 bridgehead atoms. The second-order valence-electron chi connectivity index (χ2n) is 6.62. The standard InChI is InChI=1S/C18H21N3O4S2/c1-11(2)27(24,25)13-7-5-12(6-8-13)10-15(22)21-18-20-14-4-3-9-19-17(23)16(14)26-18/h5-8,11H,3-4,9-10H2,1-2H3,(H,19,23)(H,20,21,22). The van der Waals surface area contributed by atoms with Crippen LogP contribution in [0.5, 0.6) is 0 Å². The minimum Gasteiger partial charge on any atom is -0.351 e. The Hall–Kier alpha value is -2.26. The van der Waals surface area contributed by atoms with Crippen molar-refractivity contribution >= 4 is 38.1 Å². The summed E-state index contributed by atoms with van der Waals surface area (Å²) < 4.78 is 24.3. The molecule has 0 atom stereocenters. The minimum absolute atomic E-state index is 0.0957. The van der Waals surface area contributed by atoms with Crippen molar-refractivity contribution in [2.75, 3.05) is 11.9 Å². The number of anilines is 1. The van der Waals surface area contributed by atoms with Crippen LogP contribution in [0.25, 0.3) is 0 Å². The number of nitrogens with zero attached hydrogens (tertiary/aromatic N) is 1. The van der Waals surface area contributed by atoms with Gasteiger partial charge in [0.25, 0.3) is 5.91 Å². The Morgan fingerprint density at radius 3 is 2.67 bits per heavy atom. The van der Waals surface area contributed by atoms with Gasteiger partial charge in [-0.25, -0.2) is 13.4 Å². The number of thiazole rings is 1. The predicted octanol–water partition coefficient (Wildman–Crippen LogP) is 2.18. The molecule has 1 aromatic heterocycles. The molecule has 9 heteroatoms. The molecule has 1 aliphatic rings. The third-order valence-electron chi connectivity index (χ3n) is 4.26. The lowest BCUT2D eigenvalue weighted by molar-refractivity contribution is -0.115. The monoisotopic (exact) mass is 407 g/mol. The van der Waals surface area contributed by atoms with E-state index >= 15 is 0 Å². The van der Waals surface area contributed by atoms with Gasteiger partial charge < -0.3 is 10.6 Å². The topological polar surface area (TPSA) is 105 Å². The SMILES string of the molecule is CC(C)S(=O)(=O)c1ccc(CC(=O)Nc2nc3c(s2)C(=O)NCCC3)cc1. The number of carbonyl (C=O) groups is 2. The molecule has 0 aliphatic carbocycles. The summed E-state index contributed by atoms with van der Waals surface area (Å²) in [6.45, 7) is 3.89. The van der Waals surface area contributed by atoms with Gasteiger partial charge in [0.2, 0.25) is 5.91 Å². The highest BCUT2D eigenvalue weighted by atomic mass is 32.2. The molecule has 7 nitrogen and oxygen atoms in total. The van der Waals surface area contributed by atoms with Gasteiger partial charge in [-0.05, 0) is 44.4 Å². The van der Waals surface area contributed by atoms with Crippen LogP contribution < -0.4 is 10.6 Å². The summed E-state index contributed by atoms with van der Waals surface area (Å²) >= 11 is 1.17.